The van der Waals surface area contributed by atoms with Crippen molar-refractivity contribution >= 4 is 11.7 Å². The quantitative estimate of drug-likeness (QED) is 0.644. The molecule has 1 amide bonds. The number of carbonyl (C=O) groups is 1. The number of aromatic nitrogens is 2. The zero-order valence-corrected chi connectivity index (χ0v) is 10.1. The highest BCUT2D eigenvalue weighted by Crippen LogP contribution is 2.13. The van der Waals surface area contributed by atoms with Gasteiger partial charge in [0.05, 0.1) is 24.6 Å². The van der Waals surface area contributed by atoms with Crippen LogP contribution in [-0.2, 0) is 0 Å². The molecule has 7 heteroatoms. The molecule has 1 aliphatic rings. The summed E-state index contributed by atoms with van der Waals surface area (Å²) in [4.78, 5) is 21.5. The summed E-state index contributed by atoms with van der Waals surface area (Å²) in [7, 11) is 0. The third-order valence-corrected chi connectivity index (χ3v) is 2.76. The number of aliphatic hydroxyl groups is 2. The maximum atomic E-state index is 12.1. The average molecular weight is 252 g/mol. The summed E-state index contributed by atoms with van der Waals surface area (Å²) in [5.74, 6) is 0.196. The van der Waals surface area contributed by atoms with Crippen molar-refractivity contribution in [3.8, 4) is 0 Å². The van der Waals surface area contributed by atoms with Crippen LogP contribution in [0.15, 0.2) is 12.4 Å². The summed E-state index contributed by atoms with van der Waals surface area (Å²) < 4.78 is 0. The number of amides is 1. The SMILES string of the molecule is CCNc1cncc(C(=O)N2CC(O)C(O)C2)n1. The van der Waals surface area contributed by atoms with Gasteiger partial charge >= 0.3 is 0 Å². The number of β-amino-alcohol motifs (C(OH)–C–C–N with tert-alkyl or cyclic N) is 2. The molecule has 7 nitrogen and oxygen atoms in total. The Hall–Kier alpha value is -1.73. The van der Waals surface area contributed by atoms with Gasteiger partial charge in [0, 0.05) is 19.6 Å². The average Bonchev–Trinajstić information content (AvgIpc) is 2.69. The van der Waals surface area contributed by atoms with E-state index < -0.39 is 12.2 Å². The van der Waals surface area contributed by atoms with Crippen LogP contribution >= 0.6 is 0 Å². The molecule has 1 aliphatic heterocycles. The van der Waals surface area contributed by atoms with E-state index in [1.54, 1.807) is 0 Å². The minimum absolute atomic E-state index is 0.118. The molecule has 3 N–H and O–H groups in total. The van der Waals surface area contributed by atoms with E-state index in [4.69, 9.17) is 0 Å². The number of aliphatic hydroxyl groups excluding tert-OH is 2. The molecular formula is C11H16N4O3. The minimum atomic E-state index is -0.890. The van der Waals surface area contributed by atoms with Crippen molar-refractivity contribution in [2.24, 2.45) is 0 Å². The van der Waals surface area contributed by atoms with Crippen LogP contribution in [0.25, 0.3) is 0 Å². The van der Waals surface area contributed by atoms with Gasteiger partial charge in [-0.25, -0.2) is 4.98 Å². The van der Waals surface area contributed by atoms with E-state index in [1.807, 2.05) is 6.92 Å². The van der Waals surface area contributed by atoms with Crippen molar-refractivity contribution in [3.63, 3.8) is 0 Å². The third-order valence-electron chi connectivity index (χ3n) is 2.76. The molecule has 0 aromatic carbocycles. The Kier molecular flexibility index (Phi) is 3.73. The topological polar surface area (TPSA) is 98.6 Å². The Bertz CT molecular complexity index is 430. The normalized spacial score (nSPS) is 23.2. The van der Waals surface area contributed by atoms with Crippen LogP contribution in [0.4, 0.5) is 5.82 Å². The highest BCUT2D eigenvalue weighted by Gasteiger charge is 2.33. The molecule has 2 atom stereocenters. The summed E-state index contributed by atoms with van der Waals surface area (Å²) in [5.41, 5.74) is 0.203. The van der Waals surface area contributed by atoms with Crippen LogP contribution in [0.2, 0.25) is 0 Å². The Morgan fingerprint density at radius 3 is 2.72 bits per heavy atom. The molecule has 0 saturated carbocycles. The van der Waals surface area contributed by atoms with E-state index in [9.17, 15) is 15.0 Å². The maximum Gasteiger partial charge on any atom is 0.274 e. The van der Waals surface area contributed by atoms with Gasteiger partial charge in [-0.05, 0) is 6.92 Å². The van der Waals surface area contributed by atoms with Crippen molar-refractivity contribution in [1.29, 1.82) is 0 Å². The fourth-order valence-electron chi connectivity index (χ4n) is 1.83. The molecule has 1 saturated heterocycles. The van der Waals surface area contributed by atoms with E-state index in [2.05, 4.69) is 15.3 Å². The smallest absolute Gasteiger partial charge is 0.274 e. The molecule has 2 unspecified atom stereocenters. The standard InChI is InChI=1S/C11H16N4O3/c1-2-13-10-4-12-3-7(14-10)11(18)15-5-8(16)9(17)6-15/h3-4,8-9,16-17H,2,5-6H2,1H3,(H,13,14). The molecule has 1 fully saturated rings. The monoisotopic (exact) mass is 252 g/mol. The van der Waals surface area contributed by atoms with Crippen LogP contribution in [0, 0.1) is 0 Å². The molecule has 0 bridgehead atoms. The maximum absolute atomic E-state index is 12.1. The second-order valence-corrected chi connectivity index (χ2v) is 4.16. The van der Waals surface area contributed by atoms with Crippen LogP contribution < -0.4 is 5.32 Å². The minimum Gasteiger partial charge on any atom is -0.388 e. The zero-order chi connectivity index (χ0) is 13.1. The van der Waals surface area contributed by atoms with Crippen LogP contribution in [0.5, 0.6) is 0 Å². The van der Waals surface area contributed by atoms with Crippen molar-refractivity contribution < 1.29 is 15.0 Å². The van der Waals surface area contributed by atoms with Crippen molar-refractivity contribution in [2.75, 3.05) is 25.0 Å². The molecule has 2 heterocycles. The Morgan fingerprint density at radius 2 is 2.11 bits per heavy atom. The summed E-state index contributed by atoms with van der Waals surface area (Å²) in [5, 5.41) is 21.8. The summed E-state index contributed by atoms with van der Waals surface area (Å²) in [6, 6.07) is 0. The number of anilines is 1. The van der Waals surface area contributed by atoms with E-state index in [0.29, 0.717) is 12.4 Å². The molecule has 98 valence electrons. The first-order valence-electron chi connectivity index (χ1n) is 5.83. The van der Waals surface area contributed by atoms with E-state index >= 15 is 0 Å². The Morgan fingerprint density at radius 1 is 1.44 bits per heavy atom. The first-order valence-corrected chi connectivity index (χ1v) is 5.83. The highest BCUT2D eigenvalue weighted by molar-refractivity contribution is 5.92. The summed E-state index contributed by atoms with van der Waals surface area (Å²) in [6.45, 7) is 2.84. The molecule has 1 aromatic heterocycles. The number of rotatable bonds is 3. The third kappa shape index (κ3) is 2.57. The molecular weight excluding hydrogens is 236 g/mol. The predicted molar refractivity (Wildman–Crippen MR) is 64.1 cm³/mol. The number of likely N-dealkylation sites (tertiary alicyclic amines) is 1. The van der Waals surface area contributed by atoms with Crippen LogP contribution in [0.3, 0.4) is 0 Å². The van der Waals surface area contributed by atoms with Crippen molar-refractivity contribution in [3.05, 3.63) is 18.1 Å². The Balaban J connectivity index is 2.11. The van der Waals surface area contributed by atoms with Gasteiger partial charge in [-0.1, -0.05) is 0 Å². The zero-order valence-electron chi connectivity index (χ0n) is 10.1. The molecule has 1 aromatic rings. The lowest BCUT2D eigenvalue weighted by molar-refractivity contribution is 0.0572. The van der Waals surface area contributed by atoms with E-state index in [-0.39, 0.29) is 24.7 Å². The van der Waals surface area contributed by atoms with Gasteiger partial charge < -0.3 is 20.4 Å². The van der Waals surface area contributed by atoms with Gasteiger partial charge in [0.25, 0.3) is 5.91 Å². The second kappa shape index (κ2) is 5.28. The van der Waals surface area contributed by atoms with Crippen molar-refractivity contribution in [1.82, 2.24) is 14.9 Å². The van der Waals surface area contributed by atoms with E-state index in [0.717, 1.165) is 0 Å². The predicted octanol–water partition coefficient (Wildman–Crippen LogP) is -0.914. The van der Waals surface area contributed by atoms with Crippen LogP contribution in [0.1, 0.15) is 17.4 Å². The number of carbonyl (C=O) groups excluding carboxylic acids is 1. The molecule has 0 aliphatic carbocycles. The first-order chi connectivity index (χ1) is 8.61. The fraction of sp³-hybridized carbons (Fsp3) is 0.545. The number of nitrogens with zero attached hydrogens (tertiary/aromatic N) is 3. The van der Waals surface area contributed by atoms with Crippen LogP contribution in [-0.4, -0.2) is 62.8 Å². The second-order valence-electron chi connectivity index (χ2n) is 4.16. The largest absolute Gasteiger partial charge is 0.388 e. The first kappa shape index (κ1) is 12.7. The van der Waals surface area contributed by atoms with Gasteiger partial charge in [-0.3, -0.25) is 9.78 Å². The molecule has 0 radical (unpaired) electrons. The van der Waals surface area contributed by atoms with Gasteiger partial charge in [0.15, 0.2) is 0 Å². The molecule has 18 heavy (non-hydrogen) atoms. The van der Waals surface area contributed by atoms with Crippen molar-refractivity contribution in [2.45, 2.75) is 19.1 Å². The van der Waals surface area contributed by atoms with E-state index in [1.165, 1.54) is 17.3 Å². The van der Waals surface area contributed by atoms with Gasteiger partial charge in [0.2, 0.25) is 0 Å². The highest BCUT2D eigenvalue weighted by atomic mass is 16.3. The summed E-state index contributed by atoms with van der Waals surface area (Å²) >= 11 is 0. The molecule has 2 rings (SSSR count). The Labute approximate surface area is 104 Å². The lowest BCUT2D eigenvalue weighted by Gasteiger charge is -2.14. The number of nitrogens with one attached hydrogen (secondary N) is 1. The lowest BCUT2D eigenvalue weighted by Crippen LogP contribution is -2.30. The number of hydrogen-bond donors (Lipinski definition) is 3. The summed E-state index contributed by atoms with van der Waals surface area (Å²) in [6.07, 6.45) is 1.13. The van der Waals surface area contributed by atoms with Gasteiger partial charge in [-0.2, -0.15) is 0 Å². The van der Waals surface area contributed by atoms with Gasteiger partial charge in [-0.15, -0.1) is 0 Å². The fourth-order valence-corrected chi connectivity index (χ4v) is 1.83. The van der Waals surface area contributed by atoms with Gasteiger partial charge in [0.1, 0.15) is 11.5 Å². The molecule has 0 spiro atoms. The number of hydrogen-bond acceptors (Lipinski definition) is 6. The lowest BCUT2D eigenvalue weighted by atomic mass is 10.3.